The molecule has 1 N–H and O–H groups in total. The standard InChI is InChI=1S/C22H20FNO4S/c1-13-4-10-17(11-5-13)28-12-18(25)24-21-20(22(26)27-3)19(14(2)29-21)15-6-8-16(23)9-7-15/h4-11H,12H2,1-3H3,(H,24,25). The van der Waals surface area contributed by atoms with Gasteiger partial charge in [-0.05, 0) is 43.7 Å². The van der Waals surface area contributed by atoms with Crippen molar-refractivity contribution in [2.24, 2.45) is 0 Å². The van der Waals surface area contributed by atoms with E-state index in [1.165, 1.54) is 30.6 Å². The number of nitrogens with one attached hydrogen (secondary N) is 1. The normalized spacial score (nSPS) is 10.5. The van der Waals surface area contributed by atoms with Gasteiger partial charge in [0, 0.05) is 10.4 Å². The molecule has 1 amide bonds. The van der Waals surface area contributed by atoms with Gasteiger partial charge in [0.25, 0.3) is 5.91 Å². The number of benzene rings is 2. The second-order valence-electron chi connectivity index (χ2n) is 6.39. The lowest BCUT2D eigenvalue weighted by atomic mass is 10.0. The number of hydrogen-bond acceptors (Lipinski definition) is 5. The Balaban J connectivity index is 1.83. The minimum atomic E-state index is -0.580. The number of carbonyl (C=O) groups is 2. The molecule has 0 saturated heterocycles. The highest BCUT2D eigenvalue weighted by molar-refractivity contribution is 7.17. The summed E-state index contributed by atoms with van der Waals surface area (Å²) in [6.07, 6.45) is 0. The lowest BCUT2D eigenvalue weighted by Crippen LogP contribution is -2.21. The number of amides is 1. The molecular weight excluding hydrogens is 393 g/mol. The number of esters is 1. The van der Waals surface area contributed by atoms with E-state index in [2.05, 4.69) is 5.32 Å². The van der Waals surface area contributed by atoms with Crippen LogP contribution in [0.5, 0.6) is 5.75 Å². The quantitative estimate of drug-likeness (QED) is 0.579. The van der Waals surface area contributed by atoms with Crippen molar-refractivity contribution in [1.82, 2.24) is 0 Å². The van der Waals surface area contributed by atoms with Crippen LogP contribution in [-0.2, 0) is 9.53 Å². The number of ether oxygens (including phenoxy) is 2. The number of methoxy groups -OCH3 is 1. The Bertz CT molecular complexity index is 1030. The van der Waals surface area contributed by atoms with Crippen LogP contribution in [-0.4, -0.2) is 25.6 Å². The Morgan fingerprint density at radius 2 is 1.69 bits per heavy atom. The zero-order valence-electron chi connectivity index (χ0n) is 16.2. The van der Waals surface area contributed by atoms with E-state index in [4.69, 9.17) is 9.47 Å². The number of anilines is 1. The van der Waals surface area contributed by atoms with Crippen LogP contribution in [0, 0.1) is 19.7 Å². The van der Waals surface area contributed by atoms with E-state index >= 15 is 0 Å². The van der Waals surface area contributed by atoms with Crippen molar-refractivity contribution in [1.29, 1.82) is 0 Å². The molecular formula is C22H20FNO4S. The van der Waals surface area contributed by atoms with Gasteiger partial charge in [0.15, 0.2) is 6.61 Å². The third kappa shape index (κ3) is 4.81. The van der Waals surface area contributed by atoms with Crippen LogP contribution >= 0.6 is 11.3 Å². The summed E-state index contributed by atoms with van der Waals surface area (Å²) in [5.41, 5.74) is 2.60. The monoisotopic (exact) mass is 413 g/mol. The Morgan fingerprint density at radius 1 is 1.03 bits per heavy atom. The summed E-state index contributed by atoms with van der Waals surface area (Å²) in [5.74, 6) is -0.776. The molecule has 0 aliphatic carbocycles. The first-order valence-corrected chi connectivity index (χ1v) is 9.67. The molecule has 3 aromatic rings. The molecule has 0 spiro atoms. The third-order valence-corrected chi connectivity index (χ3v) is 5.27. The van der Waals surface area contributed by atoms with E-state index in [0.717, 1.165) is 10.4 Å². The van der Waals surface area contributed by atoms with Crippen molar-refractivity contribution in [3.05, 3.63) is 70.4 Å². The van der Waals surface area contributed by atoms with Crippen LogP contribution < -0.4 is 10.1 Å². The van der Waals surface area contributed by atoms with Crippen LogP contribution in [0.1, 0.15) is 20.8 Å². The van der Waals surface area contributed by atoms with Crippen molar-refractivity contribution in [2.75, 3.05) is 19.0 Å². The average Bonchev–Trinajstić information content (AvgIpc) is 3.03. The summed E-state index contributed by atoms with van der Waals surface area (Å²) >= 11 is 1.25. The summed E-state index contributed by atoms with van der Waals surface area (Å²) in [5, 5.41) is 3.10. The predicted molar refractivity (Wildman–Crippen MR) is 111 cm³/mol. The fraction of sp³-hybridized carbons (Fsp3) is 0.182. The summed E-state index contributed by atoms with van der Waals surface area (Å²) < 4.78 is 23.7. The van der Waals surface area contributed by atoms with Crippen molar-refractivity contribution in [3.63, 3.8) is 0 Å². The first-order valence-electron chi connectivity index (χ1n) is 8.86. The van der Waals surface area contributed by atoms with E-state index in [1.54, 1.807) is 24.3 Å². The van der Waals surface area contributed by atoms with Crippen LogP contribution in [0.15, 0.2) is 48.5 Å². The molecule has 0 fully saturated rings. The molecule has 0 saturated carbocycles. The number of rotatable bonds is 6. The van der Waals surface area contributed by atoms with E-state index in [-0.39, 0.29) is 18.0 Å². The van der Waals surface area contributed by atoms with Crippen molar-refractivity contribution < 1.29 is 23.5 Å². The van der Waals surface area contributed by atoms with Crippen molar-refractivity contribution >= 4 is 28.2 Å². The topological polar surface area (TPSA) is 64.6 Å². The first kappa shape index (κ1) is 20.5. The number of halogens is 1. The maximum absolute atomic E-state index is 13.3. The first-order chi connectivity index (χ1) is 13.9. The van der Waals surface area contributed by atoms with E-state index < -0.39 is 11.9 Å². The van der Waals surface area contributed by atoms with Gasteiger partial charge in [-0.3, -0.25) is 4.79 Å². The zero-order chi connectivity index (χ0) is 21.0. The molecule has 0 atom stereocenters. The van der Waals surface area contributed by atoms with E-state index in [9.17, 15) is 14.0 Å². The van der Waals surface area contributed by atoms with Gasteiger partial charge < -0.3 is 14.8 Å². The molecule has 0 unspecified atom stereocenters. The maximum atomic E-state index is 13.3. The van der Waals surface area contributed by atoms with Gasteiger partial charge >= 0.3 is 5.97 Å². The predicted octanol–water partition coefficient (Wildman–Crippen LogP) is 4.98. The lowest BCUT2D eigenvalue weighted by molar-refractivity contribution is -0.118. The van der Waals surface area contributed by atoms with Gasteiger partial charge in [0.1, 0.15) is 22.1 Å². The van der Waals surface area contributed by atoms with Crippen LogP contribution in [0.3, 0.4) is 0 Å². The van der Waals surface area contributed by atoms with Gasteiger partial charge in [-0.25, -0.2) is 9.18 Å². The highest BCUT2D eigenvalue weighted by Crippen LogP contribution is 2.40. The average molecular weight is 413 g/mol. The Hall–Kier alpha value is -3.19. The number of hydrogen-bond donors (Lipinski definition) is 1. The second-order valence-corrected chi connectivity index (χ2v) is 7.61. The van der Waals surface area contributed by atoms with Gasteiger partial charge in [0.2, 0.25) is 0 Å². The second kappa shape index (κ2) is 8.87. The van der Waals surface area contributed by atoms with Crippen molar-refractivity contribution in [2.45, 2.75) is 13.8 Å². The summed E-state index contributed by atoms with van der Waals surface area (Å²) in [7, 11) is 1.27. The molecule has 0 radical (unpaired) electrons. The Morgan fingerprint density at radius 3 is 2.31 bits per heavy atom. The highest BCUT2D eigenvalue weighted by Gasteiger charge is 2.25. The molecule has 150 valence electrons. The molecule has 29 heavy (non-hydrogen) atoms. The molecule has 3 rings (SSSR count). The summed E-state index contributed by atoms with van der Waals surface area (Å²) in [6.45, 7) is 3.59. The van der Waals surface area contributed by atoms with Gasteiger partial charge in [-0.15, -0.1) is 11.3 Å². The van der Waals surface area contributed by atoms with Gasteiger partial charge in [0.05, 0.1) is 7.11 Å². The fourth-order valence-electron chi connectivity index (χ4n) is 2.84. The fourth-order valence-corrected chi connectivity index (χ4v) is 3.92. The smallest absolute Gasteiger partial charge is 0.341 e. The molecule has 1 heterocycles. The summed E-state index contributed by atoms with van der Waals surface area (Å²) in [6, 6.07) is 13.2. The largest absolute Gasteiger partial charge is 0.484 e. The molecule has 0 bridgehead atoms. The van der Waals surface area contributed by atoms with Crippen LogP contribution in [0.2, 0.25) is 0 Å². The maximum Gasteiger partial charge on any atom is 0.341 e. The molecule has 0 aliphatic rings. The molecule has 1 aromatic heterocycles. The molecule has 0 aliphatic heterocycles. The highest BCUT2D eigenvalue weighted by atomic mass is 32.1. The molecule has 7 heteroatoms. The van der Waals surface area contributed by atoms with E-state index in [0.29, 0.717) is 21.9 Å². The minimum absolute atomic E-state index is 0.202. The Labute approximate surface area is 172 Å². The van der Waals surface area contributed by atoms with Crippen LogP contribution in [0.25, 0.3) is 11.1 Å². The lowest BCUT2D eigenvalue weighted by Gasteiger charge is -2.09. The third-order valence-electron chi connectivity index (χ3n) is 4.25. The minimum Gasteiger partial charge on any atom is -0.484 e. The van der Waals surface area contributed by atoms with Gasteiger partial charge in [-0.2, -0.15) is 0 Å². The van der Waals surface area contributed by atoms with Gasteiger partial charge in [-0.1, -0.05) is 29.8 Å². The zero-order valence-corrected chi connectivity index (χ0v) is 17.1. The van der Waals surface area contributed by atoms with Crippen LogP contribution in [0.4, 0.5) is 9.39 Å². The number of aryl methyl sites for hydroxylation is 2. The SMILES string of the molecule is COC(=O)c1c(NC(=O)COc2ccc(C)cc2)sc(C)c1-c1ccc(F)cc1. The number of carbonyl (C=O) groups excluding carboxylic acids is 2. The van der Waals surface area contributed by atoms with E-state index in [1.807, 2.05) is 26.0 Å². The molecule has 2 aromatic carbocycles. The summed E-state index contributed by atoms with van der Waals surface area (Å²) in [4.78, 5) is 25.6. The molecule has 5 nitrogen and oxygen atoms in total. The van der Waals surface area contributed by atoms with Crippen molar-refractivity contribution in [3.8, 4) is 16.9 Å². The number of thiophene rings is 1. The Kier molecular flexibility index (Phi) is 6.29.